The van der Waals surface area contributed by atoms with Crippen LogP contribution in [0.2, 0.25) is 0 Å². The minimum atomic E-state index is -4.44. The molecular formula is C18H22ClF3N2O2. The SMILES string of the molecule is CC(C)(C)C(NC(=O)c1coc(CN)c1)c1cccc(C(F)(F)F)c1.Cl. The van der Waals surface area contributed by atoms with Crippen LogP contribution in [0.4, 0.5) is 13.2 Å². The third-order valence-electron chi connectivity index (χ3n) is 3.81. The summed E-state index contributed by atoms with van der Waals surface area (Å²) in [6.45, 7) is 5.69. The molecule has 0 spiro atoms. The number of rotatable bonds is 4. The van der Waals surface area contributed by atoms with Gasteiger partial charge in [0.05, 0.1) is 23.7 Å². The van der Waals surface area contributed by atoms with Gasteiger partial charge in [0, 0.05) is 0 Å². The Labute approximate surface area is 156 Å². The summed E-state index contributed by atoms with van der Waals surface area (Å²) in [5, 5.41) is 2.80. The molecule has 0 aliphatic carbocycles. The minimum Gasteiger partial charge on any atom is -0.467 e. The number of carbonyl (C=O) groups excluding carboxylic acids is 1. The van der Waals surface area contributed by atoms with Gasteiger partial charge in [-0.25, -0.2) is 0 Å². The molecule has 0 aliphatic rings. The molecule has 2 aromatic rings. The Morgan fingerprint density at radius 2 is 1.88 bits per heavy atom. The number of benzene rings is 1. The average molecular weight is 391 g/mol. The maximum absolute atomic E-state index is 13.0. The van der Waals surface area contributed by atoms with E-state index in [4.69, 9.17) is 10.2 Å². The van der Waals surface area contributed by atoms with Crippen LogP contribution in [0.3, 0.4) is 0 Å². The second-order valence-electron chi connectivity index (χ2n) is 6.90. The lowest BCUT2D eigenvalue weighted by atomic mass is 9.81. The largest absolute Gasteiger partial charge is 0.467 e. The van der Waals surface area contributed by atoms with Crippen LogP contribution < -0.4 is 11.1 Å². The van der Waals surface area contributed by atoms with E-state index in [2.05, 4.69) is 5.32 Å². The molecule has 1 aromatic carbocycles. The number of alkyl halides is 3. The van der Waals surface area contributed by atoms with Crippen LogP contribution in [0.1, 0.15) is 54.1 Å². The first-order valence-electron chi connectivity index (χ1n) is 7.78. The molecule has 4 nitrogen and oxygen atoms in total. The molecule has 0 saturated carbocycles. The summed E-state index contributed by atoms with van der Waals surface area (Å²) in [7, 11) is 0. The van der Waals surface area contributed by atoms with Crippen molar-refractivity contribution in [2.45, 2.75) is 39.5 Å². The number of furan rings is 1. The van der Waals surface area contributed by atoms with Gasteiger partial charge in [0.15, 0.2) is 0 Å². The highest BCUT2D eigenvalue weighted by Crippen LogP contribution is 2.36. The number of hydrogen-bond acceptors (Lipinski definition) is 3. The van der Waals surface area contributed by atoms with Crippen molar-refractivity contribution in [1.82, 2.24) is 5.32 Å². The van der Waals surface area contributed by atoms with E-state index in [0.29, 0.717) is 11.3 Å². The standard InChI is InChI=1S/C18H21F3N2O2.ClH/c1-17(2,3)15(11-5-4-6-13(7-11)18(19,20)21)23-16(24)12-8-14(9-22)25-10-12;/h4-8,10,15H,9,22H2,1-3H3,(H,23,24);1H. The Hall–Kier alpha value is -1.99. The fraction of sp³-hybridized carbons (Fsp3) is 0.389. The van der Waals surface area contributed by atoms with Crippen LogP contribution in [0, 0.1) is 5.41 Å². The molecule has 26 heavy (non-hydrogen) atoms. The topological polar surface area (TPSA) is 68.3 Å². The van der Waals surface area contributed by atoms with Crippen LogP contribution in [0.25, 0.3) is 0 Å². The van der Waals surface area contributed by atoms with Crippen molar-refractivity contribution in [3.63, 3.8) is 0 Å². The van der Waals surface area contributed by atoms with Crippen molar-refractivity contribution < 1.29 is 22.4 Å². The van der Waals surface area contributed by atoms with Crippen molar-refractivity contribution in [2.75, 3.05) is 0 Å². The normalized spacial score (nSPS) is 13.0. The highest BCUT2D eigenvalue weighted by Gasteiger charge is 2.33. The predicted octanol–water partition coefficient (Wildman–Crippen LogP) is 4.70. The number of nitrogens with two attached hydrogens (primary N) is 1. The summed E-state index contributed by atoms with van der Waals surface area (Å²) in [5.41, 5.74) is 4.87. The third kappa shape index (κ3) is 5.25. The first kappa shape index (κ1) is 22.1. The molecule has 0 radical (unpaired) electrons. The summed E-state index contributed by atoms with van der Waals surface area (Å²) in [5.74, 6) is 0.0253. The summed E-state index contributed by atoms with van der Waals surface area (Å²) in [4.78, 5) is 12.5. The minimum absolute atomic E-state index is 0. The zero-order chi connectivity index (χ0) is 18.8. The fourth-order valence-corrected chi connectivity index (χ4v) is 2.52. The van der Waals surface area contributed by atoms with Crippen LogP contribution in [-0.2, 0) is 12.7 Å². The maximum atomic E-state index is 13.0. The molecule has 0 aliphatic heterocycles. The van der Waals surface area contributed by atoms with E-state index >= 15 is 0 Å². The molecule has 3 N–H and O–H groups in total. The molecule has 8 heteroatoms. The van der Waals surface area contributed by atoms with Gasteiger partial charge in [-0.15, -0.1) is 12.4 Å². The lowest BCUT2D eigenvalue weighted by Crippen LogP contribution is -2.36. The maximum Gasteiger partial charge on any atom is 0.416 e. The highest BCUT2D eigenvalue weighted by molar-refractivity contribution is 5.94. The van der Waals surface area contributed by atoms with Crippen molar-refractivity contribution in [3.8, 4) is 0 Å². The van der Waals surface area contributed by atoms with E-state index in [-0.39, 0.29) is 24.5 Å². The first-order valence-corrected chi connectivity index (χ1v) is 7.78. The molecule has 1 unspecified atom stereocenters. The molecule has 1 atom stereocenters. The summed E-state index contributed by atoms with van der Waals surface area (Å²) in [6, 6.07) is 5.89. The Morgan fingerprint density at radius 3 is 2.38 bits per heavy atom. The molecule has 144 valence electrons. The quantitative estimate of drug-likeness (QED) is 0.795. The summed E-state index contributed by atoms with van der Waals surface area (Å²) in [6.07, 6.45) is -3.16. The van der Waals surface area contributed by atoms with E-state index in [0.717, 1.165) is 12.1 Å². The fourth-order valence-electron chi connectivity index (χ4n) is 2.52. The molecule has 0 saturated heterocycles. The molecule has 1 heterocycles. The summed E-state index contributed by atoms with van der Waals surface area (Å²) < 4.78 is 44.1. The predicted molar refractivity (Wildman–Crippen MR) is 95.0 cm³/mol. The van der Waals surface area contributed by atoms with Gasteiger partial charge < -0.3 is 15.5 Å². The van der Waals surface area contributed by atoms with E-state index < -0.39 is 29.1 Å². The summed E-state index contributed by atoms with van der Waals surface area (Å²) >= 11 is 0. The Balaban J connectivity index is 0.00000338. The zero-order valence-electron chi connectivity index (χ0n) is 14.7. The van der Waals surface area contributed by atoms with E-state index in [1.165, 1.54) is 18.4 Å². The first-order chi connectivity index (χ1) is 11.5. The van der Waals surface area contributed by atoms with Crippen molar-refractivity contribution in [3.05, 3.63) is 59.0 Å². The van der Waals surface area contributed by atoms with Gasteiger partial charge in [0.2, 0.25) is 0 Å². The lowest BCUT2D eigenvalue weighted by Gasteiger charge is -2.32. The van der Waals surface area contributed by atoms with Crippen molar-refractivity contribution in [2.24, 2.45) is 11.1 Å². The van der Waals surface area contributed by atoms with E-state index in [1.54, 1.807) is 6.07 Å². The second kappa shape index (κ2) is 8.14. The van der Waals surface area contributed by atoms with E-state index in [1.807, 2.05) is 20.8 Å². The molecular weight excluding hydrogens is 369 g/mol. The van der Waals surface area contributed by atoms with Crippen molar-refractivity contribution in [1.29, 1.82) is 0 Å². The smallest absolute Gasteiger partial charge is 0.416 e. The van der Waals surface area contributed by atoms with Gasteiger partial charge in [-0.2, -0.15) is 13.2 Å². The van der Waals surface area contributed by atoms with Gasteiger partial charge >= 0.3 is 6.18 Å². The molecule has 1 aromatic heterocycles. The van der Waals surface area contributed by atoms with Crippen LogP contribution in [0.15, 0.2) is 41.0 Å². The van der Waals surface area contributed by atoms with Crippen LogP contribution >= 0.6 is 12.4 Å². The Bertz CT molecular complexity index is 751. The molecule has 0 bridgehead atoms. The van der Waals surface area contributed by atoms with Gasteiger partial charge in [0.1, 0.15) is 12.0 Å². The van der Waals surface area contributed by atoms with Gasteiger partial charge in [0.25, 0.3) is 5.91 Å². The van der Waals surface area contributed by atoms with Gasteiger partial charge in [-0.3, -0.25) is 4.79 Å². The highest BCUT2D eigenvalue weighted by atomic mass is 35.5. The average Bonchev–Trinajstić information content (AvgIpc) is 2.99. The molecule has 2 rings (SSSR count). The monoisotopic (exact) mass is 390 g/mol. The van der Waals surface area contributed by atoms with Gasteiger partial charge in [-0.05, 0) is 29.2 Å². The number of nitrogens with one attached hydrogen (secondary N) is 1. The second-order valence-corrected chi connectivity index (χ2v) is 6.90. The van der Waals surface area contributed by atoms with Crippen molar-refractivity contribution >= 4 is 18.3 Å². The van der Waals surface area contributed by atoms with Crippen LogP contribution in [0.5, 0.6) is 0 Å². The Kier molecular flexibility index (Phi) is 6.90. The zero-order valence-corrected chi connectivity index (χ0v) is 15.5. The number of hydrogen-bond donors (Lipinski definition) is 2. The third-order valence-corrected chi connectivity index (χ3v) is 3.81. The molecule has 1 amide bonds. The van der Waals surface area contributed by atoms with Gasteiger partial charge in [-0.1, -0.05) is 32.9 Å². The number of amides is 1. The number of halogens is 4. The molecule has 0 fully saturated rings. The van der Waals surface area contributed by atoms with Crippen LogP contribution in [-0.4, -0.2) is 5.91 Å². The lowest BCUT2D eigenvalue weighted by molar-refractivity contribution is -0.137. The van der Waals surface area contributed by atoms with E-state index in [9.17, 15) is 18.0 Å². The Morgan fingerprint density at radius 1 is 1.23 bits per heavy atom. The number of carbonyl (C=O) groups is 1.